The average molecular weight is 313 g/mol. The highest BCUT2D eigenvalue weighted by atomic mass is 79.9. The van der Waals surface area contributed by atoms with E-state index < -0.39 is 0 Å². The van der Waals surface area contributed by atoms with Crippen LogP contribution in [0.15, 0.2) is 22.7 Å². The van der Waals surface area contributed by atoms with Gasteiger partial charge >= 0.3 is 0 Å². The zero-order valence-electron chi connectivity index (χ0n) is 10.3. The summed E-state index contributed by atoms with van der Waals surface area (Å²) in [5.41, 5.74) is 6.83. The molecule has 0 aromatic heterocycles. The van der Waals surface area contributed by atoms with Gasteiger partial charge < -0.3 is 15.8 Å². The Hall–Kier alpha value is -1.07. The highest BCUT2D eigenvalue weighted by Gasteiger charge is 2.26. The third kappa shape index (κ3) is 3.03. The van der Waals surface area contributed by atoms with Crippen LogP contribution in [0.3, 0.4) is 0 Å². The topological polar surface area (TPSA) is 64.3 Å². The van der Waals surface area contributed by atoms with Crippen LogP contribution in [-0.4, -0.2) is 25.2 Å². The first-order valence-corrected chi connectivity index (χ1v) is 6.78. The number of benzene rings is 1. The van der Waals surface area contributed by atoms with Gasteiger partial charge in [0.05, 0.1) is 11.7 Å². The van der Waals surface area contributed by atoms with Gasteiger partial charge in [0.1, 0.15) is 0 Å². The summed E-state index contributed by atoms with van der Waals surface area (Å²) in [6.45, 7) is 0. The summed E-state index contributed by atoms with van der Waals surface area (Å²) >= 11 is 3.34. The second-order valence-electron chi connectivity index (χ2n) is 4.57. The van der Waals surface area contributed by atoms with Gasteiger partial charge in [0.15, 0.2) is 0 Å². The molecule has 2 rings (SSSR count). The van der Waals surface area contributed by atoms with Gasteiger partial charge in [-0.05, 0) is 37.5 Å². The SMILES string of the molecule is COC1CCC(NC(=O)c2cc(Br)ccc2N)C1. The third-order valence-corrected chi connectivity index (χ3v) is 3.81. The van der Waals surface area contributed by atoms with E-state index in [1.54, 1.807) is 19.2 Å². The maximum atomic E-state index is 12.1. The number of nitrogen functional groups attached to an aromatic ring is 1. The highest BCUT2D eigenvalue weighted by Crippen LogP contribution is 2.23. The van der Waals surface area contributed by atoms with E-state index in [9.17, 15) is 4.79 Å². The fourth-order valence-corrected chi connectivity index (χ4v) is 2.63. The molecule has 1 amide bonds. The minimum Gasteiger partial charge on any atom is -0.398 e. The Morgan fingerprint density at radius 3 is 2.94 bits per heavy atom. The Morgan fingerprint density at radius 2 is 2.28 bits per heavy atom. The number of nitrogens with two attached hydrogens (primary N) is 1. The van der Waals surface area contributed by atoms with Crippen molar-refractivity contribution in [1.82, 2.24) is 5.32 Å². The Bertz CT molecular complexity index is 451. The fourth-order valence-electron chi connectivity index (χ4n) is 2.27. The number of hydrogen-bond acceptors (Lipinski definition) is 3. The fraction of sp³-hybridized carbons (Fsp3) is 0.462. The number of methoxy groups -OCH3 is 1. The van der Waals surface area contributed by atoms with Gasteiger partial charge in [0.2, 0.25) is 0 Å². The lowest BCUT2D eigenvalue weighted by Crippen LogP contribution is -2.33. The number of anilines is 1. The molecule has 1 aliphatic carbocycles. The molecule has 0 aliphatic heterocycles. The van der Waals surface area contributed by atoms with E-state index in [1.165, 1.54) is 0 Å². The summed E-state index contributed by atoms with van der Waals surface area (Å²) in [4.78, 5) is 12.1. The molecule has 18 heavy (non-hydrogen) atoms. The van der Waals surface area contributed by atoms with E-state index >= 15 is 0 Å². The predicted octanol–water partition coefficient (Wildman–Crippen LogP) is 2.33. The highest BCUT2D eigenvalue weighted by molar-refractivity contribution is 9.10. The first kappa shape index (κ1) is 13.4. The zero-order chi connectivity index (χ0) is 13.1. The normalized spacial score (nSPS) is 23.0. The quantitative estimate of drug-likeness (QED) is 0.842. The van der Waals surface area contributed by atoms with Crippen molar-refractivity contribution in [3.63, 3.8) is 0 Å². The molecule has 0 spiro atoms. The van der Waals surface area contributed by atoms with Crippen molar-refractivity contribution >= 4 is 27.5 Å². The number of ether oxygens (including phenoxy) is 1. The second kappa shape index (κ2) is 5.71. The van der Waals surface area contributed by atoms with Gasteiger partial charge in [-0.15, -0.1) is 0 Å². The molecule has 1 aromatic carbocycles. The number of carbonyl (C=O) groups excluding carboxylic acids is 1. The number of hydrogen-bond donors (Lipinski definition) is 2. The zero-order valence-corrected chi connectivity index (χ0v) is 11.9. The molecule has 3 N–H and O–H groups in total. The molecule has 2 unspecified atom stereocenters. The van der Waals surface area contributed by atoms with Crippen molar-refractivity contribution in [3.8, 4) is 0 Å². The largest absolute Gasteiger partial charge is 0.398 e. The molecule has 5 heteroatoms. The van der Waals surface area contributed by atoms with Gasteiger partial charge in [-0.25, -0.2) is 0 Å². The van der Waals surface area contributed by atoms with Crippen LogP contribution in [-0.2, 0) is 4.74 Å². The summed E-state index contributed by atoms with van der Waals surface area (Å²) in [6, 6.07) is 5.47. The Kier molecular flexibility index (Phi) is 4.24. The van der Waals surface area contributed by atoms with E-state index in [4.69, 9.17) is 10.5 Å². The third-order valence-electron chi connectivity index (χ3n) is 3.31. The number of amides is 1. The first-order valence-electron chi connectivity index (χ1n) is 5.99. The number of halogens is 1. The van der Waals surface area contributed by atoms with Crippen LogP contribution in [0.2, 0.25) is 0 Å². The molecular weight excluding hydrogens is 296 g/mol. The van der Waals surface area contributed by atoms with Crippen molar-refractivity contribution in [3.05, 3.63) is 28.2 Å². The van der Waals surface area contributed by atoms with Gasteiger partial charge in [0, 0.05) is 23.3 Å². The molecule has 98 valence electrons. The van der Waals surface area contributed by atoms with Gasteiger partial charge in [-0.1, -0.05) is 15.9 Å². The van der Waals surface area contributed by atoms with Crippen LogP contribution >= 0.6 is 15.9 Å². The van der Waals surface area contributed by atoms with Crippen molar-refractivity contribution in [2.45, 2.75) is 31.4 Å². The lowest BCUT2D eigenvalue weighted by molar-refractivity contribution is 0.0916. The number of carbonyl (C=O) groups is 1. The molecule has 0 bridgehead atoms. The lowest BCUT2D eigenvalue weighted by Gasteiger charge is -2.14. The van der Waals surface area contributed by atoms with E-state index in [0.717, 1.165) is 23.7 Å². The molecule has 0 radical (unpaired) electrons. The monoisotopic (exact) mass is 312 g/mol. The van der Waals surface area contributed by atoms with Gasteiger partial charge in [-0.3, -0.25) is 4.79 Å². The lowest BCUT2D eigenvalue weighted by atomic mass is 10.1. The van der Waals surface area contributed by atoms with Crippen LogP contribution in [0.4, 0.5) is 5.69 Å². The maximum Gasteiger partial charge on any atom is 0.253 e. The van der Waals surface area contributed by atoms with Crippen molar-refractivity contribution in [2.75, 3.05) is 12.8 Å². The molecule has 0 saturated heterocycles. The Morgan fingerprint density at radius 1 is 1.50 bits per heavy atom. The van der Waals surface area contributed by atoms with Crippen molar-refractivity contribution in [1.29, 1.82) is 0 Å². The van der Waals surface area contributed by atoms with Crippen LogP contribution < -0.4 is 11.1 Å². The molecule has 4 nitrogen and oxygen atoms in total. The standard InChI is InChI=1S/C13H17BrN2O2/c1-18-10-4-3-9(7-10)16-13(17)11-6-8(14)2-5-12(11)15/h2,5-6,9-10H,3-4,7,15H2,1H3,(H,16,17). The molecule has 2 atom stereocenters. The van der Waals surface area contributed by atoms with Gasteiger partial charge in [-0.2, -0.15) is 0 Å². The van der Waals surface area contributed by atoms with E-state index in [2.05, 4.69) is 21.2 Å². The van der Waals surface area contributed by atoms with E-state index in [0.29, 0.717) is 11.3 Å². The van der Waals surface area contributed by atoms with E-state index in [-0.39, 0.29) is 18.1 Å². The predicted molar refractivity (Wildman–Crippen MR) is 74.5 cm³/mol. The molecule has 1 fully saturated rings. The van der Waals surface area contributed by atoms with Crippen molar-refractivity contribution in [2.24, 2.45) is 0 Å². The second-order valence-corrected chi connectivity index (χ2v) is 5.49. The summed E-state index contributed by atoms with van der Waals surface area (Å²) in [7, 11) is 1.71. The number of nitrogens with one attached hydrogen (secondary N) is 1. The maximum absolute atomic E-state index is 12.1. The molecular formula is C13H17BrN2O2. The van der Waals surface area contributed by atoms with E-state index in [1.807, 2.05) is 6.07 Å². The summed E-state index contributed by atoms with van der Waals surface area (Å²) in [5.74, 6) is -0.115. The first-order chi connectivity index (χ1) is 8.60. The summed E-state index contributed by atoms with van der Waals surface area (Å²) in [5, 5.41) is 3.01. The summed E-state index contributed by atoms with van der Waals surface area (Å²) in [6.07, 6.45) is 3.08. The van der Waals surface area contributed by atoms with Crippen LogP contribution in [0.25, 0.3) is 0 Å². The Balaban J connectivity index is 2.02. The molecule has 0 heterocycles. The van der Waals surface area contributed by atoms with Crippen LogP contribution in [0, 0.1) is 0 Å². The Labute approximate surface area is 115 Å². The smallest absolute Gasteiger partial charge is 0.253 e. The van der Waals surface area contributed by atoms with Crippen LogP contribution in [0.1, 0.15) is 29.6 Å². The summed E-state index contributed by atoms with van der Waals surface area (Å²) < 4.78 is 6.14. The molecule has 1 aromatic rings. The minimum absolute atomic E-state index is 0.115. The molecule has 1 saturated carbocycles. The average Bonchev–Trinajstić information content (AvgIpc) is 2.80. The van der Waals surface area contributed by atoms with Gasteiger partial charge in [0.25, 0.3) is 5.91 Å². The minimum atomic E-state index is -0.115. The molecule has 1 aliphatic rings. The number of rotatable bonds is 3. The van der Waals surface area contributed by atoms with Crippen LogP contribution in [0.5, 0.6) is 0 Å². The van der Waals surface area contributed by atoms with Crippen molar-refractivity contribution < 1.29 is 9.53 Å².